The maximum Gasteiger partial charge on any atom is 0.148 e. The third-order valence-electron chi connectivity index (χ3n) is 8.42. The van der Waals surface area contributed by atoms with Crippen LogP contribution in [0.15, 0.2) is 108 Å². The van der Waals surface area contributed by atoms with Crippen LogP contribution < -0.4 is 10.1 Å². The van der Waals surface area contributed by atoms with Crippen molar-refractivity contribution in [2.24, 2.45) is 5.92 Å². The average Bonchev–Trinajstić information content (AvgIpc) is 3.38. The molecule has 2 atom stereocenters. The Morgan fingerprint density at radius 1 is 1.00 bits per heavy atom. The van der Waals surface area contributed by atoms with Crippen LogP contribution in [0.3, 0.4) is 0 Å². The van der Waals surface area contributed by atoms with Crippen molar-refractivity contribution in [1.29, 1.82) is 5.26 Å². The third-order valence-corrected chi connectivity index (χ3v) is 12.1. The molecule has 3 heterocycles. The molecule has 36 heavy (non-hydrogen) atoms. The van der Waals surface area contributed by atoms with Gasteiger partial charge in [0.05, 0.1) is 6.04 Å². The van der Waals surface area contributed by atoms with Crippen LogP contribution in [0.2, 0.25) is 13.1 Å². The minimum Gasteiger partial charge on any atom is -0.337 e. The number of rotatable bonds is 2. The van der Waals surface area contributed by atoms with E-state index in [9.17, 15) is 5.26 Å². The van der Waals surface area contributed by atoms with Gasteiger partial charge in [-0.2, -0.15) is 5.26 Å². The zero-order valence-corrected chi connectivity index (χ0v) is 21.6. The summed E-state index contributed by atoms with van der Waals surface area (Å²) >= 11 is 0. The molecule has 1 aromatic heterocycles. The van der Waals surface area contributed by atoms with E-state index in [-0.39, 0.29) is 6.04 Å². The van der Waals surface area contributed by atoms with Gasteiger partial charge >= 0.3 is 0 Å². The van der Waals surface area contributed by atoms with Gasteiger partial charge in [0.15, 0.2) is 0 Å². The van der Waals surface area contributed by atoms with Gasteiger partial charge in [0.1, 0.15) is 19.8 Å². The molecule has 0 bridgehead atoms. The monoisotopic (exact) mass is 481 g/mol. The summed E-state index contributed by atoms with van der Waals surface area (Å²) in [4.78, 5) is 6.88. The Balaban J connectivity index is 1.38. The van der Waals surface area contributed by atoms with Gasteiger partial charge in [-0.1, -0.05) is 79.0 Å². The number of hydrogen-bond donors (Lipinski definition) is 0. The van der Waals surface area contributed by atoms with E-state index >= 15 is 0 Å². The van der Waals surface area contributed by atoms with Crippen molar-refractivity contribution < 1.29 is 0 Å². The first-order chi connectivity index (χ1) is 17.6. The molecule has 0 amide bonds. The summed E-state index contributed by atoms with van der Waals surface area (Å²) in [5, 5.41) is 12.9. The van der Waals surface area contributed by atoms with E-state index in [1.807, 2.05) is 12.1 Å². The highest BCUT2D eigenvalue weighted by atomic mass is 28.3. The van der Waals surface area contributed by atoms with E-state index in [0.717, 1.165) is 24.0 Å². The lowest BCUT2D eigenvalue weighted by Crippen LogP contribution is -2.46. The first kappa shape index (κ1) is 21.3. The van der Waals surface area contributed by atoms with Gasteiger partial charge in [0.25, 0.3) is 0 Å². The first-order valence-electron chi connectivity index (χ1n) is 12.8. The normalized spacial score (nSPS) is 22.8. The van der Waals surface area contributed by atoms with Gasteiger partial charge in [0.2, 0.25) is 0 Å². The molecule has 4 aliphatic rings. The van der Waals surface area contributed by atoms with Gasteiger partial charge in [0, 0.05) is 29.1 Å². The van der Waals surface area contributed by atoms with Crippen molar-refractivity contribution >= 4 is 24.5 Å². The number of allylic oxidation sites excluding steroid dienone is 5. The highest BCUT2D eigenvalue weighted by Gasteiger charge is 2.51. The standard InChI is InChI=1S/C32H27N3Si/c1-36(2)30-15-6-4-11-24(30)25-16-17-29-31(32(25)36)26-12-3-5-14-28(26)35(29)22-10-7-9-21(19-22)23-13-8-18-34-27(23)20-33/h3-4,6-13,15-19,29,31H,5,14H2,1-2H3. The number of anilines is 1. The first-order valence-corrected chi connectivity index (χ1v) is 15.8. The van der Waals surface area contributed by atoms with Crippen molar-refractivity contribution in [3.8, 4) is 17.2 Å². The third kappa shape index (κ3) is 2.87. The summed E-state index contributed by atoms with van der Waals surface area (Å²) < 4.78 is 0. The second-order valence-electron chi connectivity index (χ2n) is 10.6. The fourth-order valence-electron chi connectivity index (χ4n) is 6.95. The summed E-state index contributed by atoms with van der Waals surface area (Å²) in [7, 11) is -1.80. The van der Waals surface area contributed by atoms with Gasteiger partial charge in [-0.3, -0.25) is 0 Å². The summed E-state index contributed by atoms with van der Waals surface area (Å²) in [6.45, 7) is 5.07. The number of pyridine rings is 1. The summed E-state index contributed by atoms with van der Waals surface area (Å²) in [5.74, 6) is 0.391. The molecule has 2 aliphatic carbocycles. The predicted molar refractivity (Wildman–Crippen MR) is 149 cm³/mol. The SMILES string of the molecule is C[Si]1(C)C2=C(C=CC3C2C2=C(CCC=C2)N3c2cccc(-c3cccnc3C#N)c2)c2ccccc21. The van der Waals surface area contributed by atoms with Crippen LogP contribution >= 0.6 is 0 Å². The van der Waals surface area contributed by atoms with E-state index in [2.05, 4.69) is 102 Å². The van der Waals surface area contributed by atoms with E-state index in [4.69, 9.17) is 0 Å². The summed E-state index contributed by atoms with van der Waals surface area (Å²) in [6, 6.07) is 24.2. The number of benzene rings is 2. The maximum absolute atomic E-state index is 9.63. The molecule has 0 spiro atoms. The molecule has 3 aromatic rings. The van der Waals surface area contributed by atoms with Gasteiger partial charge in [-0.05, 0) is 64.6 Å². The molecule has 2 unspecified atom stereocenters. The molecule has 2 aliphatic heterocycles. The minimum absolute atomic E-state index is 0.275. The Labute approximate surface area is 213 Å². The number of hydrogen-bond acceptors (Lipinski definition) is 3. The molecular weight excluding hydrogens is 454 g/mol. The fourth-order valence-corrected chi connectivity index (χ4v) is 10.6. The maximum atomic E-state index is 9.63. The largest absolute Gasteiger partial charge is 0.337 e. The second kappa shape index (κ2) is 7.78. The van der Waals surface area contributed by atoms with Crippen molar-refractivity contribution in [1.82, 2.24) is 4.98 Å². The van der Waals surface area contributed by atoms with Crippen molar-refractivity contribution in [2.45, 2.75) is 32.0 Å². The molecule has 0 radical (unpaired) electrons. The predicted octanol–water partition coefficient (Wildman–Crippen LogP) is 6.52. The zero-order valence-electron chi connectivity index (χ0n) is 20.6. The Morgan fingerprint density at radius 3 is 2.75 bits per heavy atom. The van der Waals surface area contributed by atoms with Gasteiger partial charge < -0.3 is 4.90 Å². The molecule has 3 nitrogen and oxygen atoms in total. The van der Waals surface area contributed by atoms with E-state index in [1.165, 1.54) is 28.1 Å². The van der Waals surface area contributed by atoms with Crippen LogP contribution in [0, 0.1) is 17.2 Å². The highest BCUT2D eigenvalue weighted by molar-refractivity contribution is 6.98. The quantitative estimate of drug-likeness (QED) is 0.391. The second-order valence-corrected chi connectivity index (χ2v) is 14.9. The van der Waals surface area contributed by atoms with Crippen LogP contribution in [0.25, 0.3) is 16.7 Å². The molecule has 2 aromatic carbocycles. The molecule has 7 rings (SSSR count). The molecule has 4 heteroatoms. The molecule has 174 valence electrons. The van der Waals surface area contributed by atoms with Crippen LogP contribution in [0.4, 0.5) is 5.69 Å². The summed E-state index contributed by atoms with van der Waals surface area (Å²) in [6.07, 6.45) is 13.4. The lowest BCUT2D eigenvalue weighted by molar-refractivity contribution is 0.671. The molecule has 0 saturated carbocycles. The Bertz CT molecular complexity index is 1600. The highest BCUT2D eigenvalue weighted by Crippen LogP contribution is 2.53. The van der Waals surface area contributed by atoms with E-state index in [0.29, 0.717) is 11.6 Å². The molecule has 0 N–H and O–H groups in total. The molecule has 0 fully saturated rings. The molecule has 0 saturated heterocycles. The smallest absolute Gasteiger partial charge is 0.148 e. The Hall–Kier alpha value is -3.94. The van der Waals surface area contributed by atoms with E-state index < -0.39 is 8.07 Å². The fraction of sp³-hybridized carbons (Fsp3) is 0.188. The van der Waals surface area contributed by atoms with Crippen LogP contribution in [-0.4, -0.2) is 19.1 Å². The lowest BCUT2D eigenvalue weighted by atomic mass is 9.84. The minimum atomic E-state index is -1.80. The Kier molecular flexibility index (Phi) is 4.61. The number of nitriles is 1. The van der Waals surface area contributed by atoms with Crippen LogP contribution in [0.1, 0.15) is 24.1 Å². The van der Waals surface area contributed by atoms with E-state index in [1.54, 1.807) is 16.6 Å². The number of nitrogens with zero attached hydrogens (tertiary/aromatic N) is 3. The van der Waals surface area contributed by atoms with Crippen molar-refractivity contribution in [2.75, 3.05) is 4.90 Å². The number of fused-ring (bicyclic) bond motifs is 5. The Morgan fingerprint density at radius 2 is 1.86 bits per heavy atom. The van der Waals surface area contributed by atoms with Crippen LogP contribution in [0.5, 0.6) is 0 Å². The lowest BCUT2D eigenvalue weighted by Gasteiger charge is -2.36. The number of aromatic nitrogens is 1. The van der Waals surface area contributed by atoms with Crippen molar-refractivity contribution in [3.63, 3.8) is 0 Å². The van der Waals surface area contributed by atoms with Crippen molar-refractivity contribution in [3.05, 3.63) is 119 Å². The zero-order chi connectivity index (χ0) is 24.4. The molecular formula is C32H27N3Si. The van der Waals surface area contributed by atoms with Crippen LogP contribution in [-0.2, 0) is 0 Å². The average molecular weight is 482 g/mol. The summed E-state index contributed by atoms with van der Waals surface area (Å²) in [5.41, 5.74) is 9.46. The van der Waals surface area contributed by atoms with Gasteiger partial charge in [-0.15, -0.1) is 0 Å². The van der Waals surface area contributed by atoms with Gasteiger partial charge in [-0.25, -0.2) is 4.98 Å². The topological polar surface area (TPSA) is 39.9 Å².